The molecule has 6 heteroatoms. The molecule has 0 saturated carbocycles. The van der Waals surface area contributed by atoms with Crippen molar-refractivity contribution in [2.45, 2.75) is 50.7 Å². The third-order valence-corrected chi connectivity index (χ3v) is 4.55. The van der Waals surface area contributed by atoms with E-state index in [2.05, 4.69) is 27.9 Å². The summed E-state index contributed by atoms with van der Waals surface area (Å²) in [6.45, 7) is 8.99. The van der Waals surface area contributed by atoms with Gasteiger partial charge in [0.25, 0.3) is 0 Å². The topological polar surface area (TPSA) is 72.5 Å². The van der Waals surface area contributed by atoms with E-state index in [1.807, 2.05) is 27.7 Å². The van der Waals surface area contributed by atoms with E-state index < -0.39 is 18.1 Å². The Bertz CT molecular complexity index is 331. The molecule has 0 rings (SSSR count). The maximum Gasteiger partial charge on any atom is 0.329 e. The van der Waals surface area contributed by atoms with Crippen LogP contribution in [0.2, 0.25) is 0 Å². The van der Waals surface area contributed by atoms with Gasteiger partial charge in [0, 0.05) is 0 Å². The quantitative estimate of drug-likeness (QED) is 0.315. The highest BCUT2D eigenvalue weighted by Crippen LogP contribution is 2.14. The molecule has 0 heterocycles. The van der Waals surface area contributed by atoms with Crippen molar-refractivity contribution in [1.82, 2.24) is 5.32 Å². The third kappa shape index (κ3) is 6.35. The predicted molar refractivity (Wildman–Crippen MR) is 81.0 cm³/mol. The monoisotopic (exact) mass is 383 g/mol. The van der Waals surface area contributed by atoms with Gasteiger partial charge in [-0.15, -0.1) is 0 Å². The molecule has 5 nitrogen and oxygen atoms in total. The Kier molecular flexibility index (Phi) is 8.20. The number of ether oxygens (including phenoxy) is 1. The van der Waals surface area contributed by atoms with Crippen molar-refractivity contribution in [2.75, 3.05) is 0 Å². The van der Waals surface area contributed by atoms with E-state index in [1.54, 1.807) is 0 Å². The summed E-state index contributed by atoms with van der Waals surface area (Å²) in [7, 11) is 0. The van der Waals surface area contributed by atoms with Gasteiger partial charge in [-0.1, -0.05) is 50.3 Å². The van der Waals surface area contributed by atoms with Gasteiger partial charge in [-0.2, -0.15) is 0 Å². The summed E-state index contributed by atoms with van der Waals surface area (Å²) in [5.41, 5.74) is 0. The minimum absolute atomic E-state index is 0.105. The summed E-state index contributed by atoms with van der Waals surface area (Å²) in [5, 5.41) is 2.69. The molecule has 110 valence electrons. The Morgan fingerprint density at radius 3 is 2.00 bits per heavy atom. The molecule has 0 aliphatic heterocycles. The van der Waals surface area contributed by atoms with E-state index in [1.165, 1.54) is 6.92 Å². The third-order valence-electron chi connectivity index (χ3n) is 2.55. The fourth-order valence-electron chi connectivity index (χ4n) is 1.32. The van der Waals surface area contributed by atoms with Gasteiger partial charge in [-0.25, -0.2) is 4.79 Å². The first-order valence-corrected chi connectivity index (χ1v) is 7.55. The average molecular weight is 383 g/mol. The fourth-order valence-corrected chi connectivity index (χ4v) is 1.50. The Morgan fingerprint density at radius 1 is 1.11 bits per heavy atom. The second-order valence-corrected chi connectivity index (χ2v) is 6.50. The van der Waals surface area contributed by atoms with Crippen molar-refractivity contribution >= 4 is 40.8 Å². The van der Waals surface area contributed by atoms with E-state index in [0.29, 0.717) is 6.29 Å². The van der Waals surface area contributed by atoms with Gasteiger partial charge in [0.2, 0.25) is 5.91 Å². The van der Waals surface area contributed by atoms with Gasteiger partial charge in [0.15, 0.2) is 12.4 Å². The number of hydrogen-bond acceptors (Lipinski definition) is 4. The number of halogens is 1. The summed E-state index contributed by atoms with van der Waals surface area (Å²) in [6.07, 6.45) is -0.252. The molecule has 0 fully saturated rings. The van der Waals surface area contributed by atoms with Crippen LogP contribution in [0.4, 0.5) is 0 Å². The highest BCUT2D eigenvalue weighted by atomic mass is 127. The summed E-state index contributed by atoms with van der Waals surface area (Å²) < 4.78 is 4.73. The second kappa shape index (κ2) is 8.50. The molecule has 0 spiro atoms. The van der Waals surface area contributed by atoms with Gasteiger partial charge in [0.1, 0.15) is 6.04 Å². The fraction of sp³-hybridized carbons (Fsp3) is 0.769. The molecule has 0 unspecified atom stereocenters. The van der Waals surface area contributed by atoms with Gasteiger partial charge in [-0.05, 0) is 18.8 Å². The molecule has 19 heavy (non-hydrogen) atoms. The first-order valence-electron chi connectivity index (χ1n) is 6.30. The Morgan fingerprint density at radius 2 is 1.63 bits per heavy atom. The molecule has 0 bridgehead atoms. The maximum atomic E-state index is 12.0. The number of amides is 1. The van der Waals surface area contributed by atoms with Gasteiger partial charge in [0.05, 0.1) is 3.92 Å². The number of esters is 1. The van der Waals surface area contributed by atoms with Crippen molar-refractivity contribution < 1.29 is 19.1 Å². The lowest BCUT2D eigenvalue weighted by Crippen LogP contribution is -2.49. The summed E-state index contributed by atoms with van der Waals surface area (Å²) in [5.74, 6) is -0.690. The van der Waals surface area contributed by atoms with E-state index in [0.717, 1.165) is 0 Å². The lowest BCUT2D eigenvalue weighted by atomic mass is 10.0. The van der Waals surface area contributed by atoms with Gasteiger partial charge in [-0.3, -0.25) is 9.59 Å². The van der Waals surface area contributed by atoms with Gasteiger partial charge < -0.3 is 10.1 Å². The molecular weight excluding hydrogens is 361 g/mol. The maximum absolute atomic E-state index is 12.0. The zero-order chi connectivity index (χ0) is 15.2. The van der Waals surface area contributed by atoms with Crippen LogP contribution in [0, 0.1) is 11.8 Å². The van der Waals surface area contributed by atoms with Crippen LogP contribution in [0.3, 0.4) is 0 Å². The average Bonchev–Trinajstić information content (AvgIpc) is 2.33. The summed E-state index contributed by atoms with van der Waals surface area (Å²) >= 11 is 2.05. The first-order chi connectivity index (χ1) is 8.70. The van der Waals surface area contributed by atoms with Crippen LogP contribution in [-0.2, 0) is 19.1 Å². The predicted octanol–water partition coefficient (Wildman–Crippen LogP) is 1.72. The van der Waals surface area contributed by atoms with Crippen LogP contribution in [0.1, 0.15) is 34.6 Å². The smallest absolute Gasteiger partial charge is 0.329 e. The van der Waals surface area contributed by atoms with Crippen LogP contribution in [0.15, 0.2) is 0 Å². The Balaban J connectivity index is 4.70. The van der Waals surface area contributed by atoms with Crippen LogP contribution < -0.4 is 5.32 Å². The van der Waals surface area contributed by atoms with E-state index >= 15 is 0 Å². The van der Waals surface area contributed by atoms with Crippen molar-refractivity contribution in [2.24, 2.45) is 11.8 Å². The minimum Gasteiger partial charge on any atom is -0.453 e. The van der Waals surface area contributed by atoms with Crippen molar-refractivity contribution in [3.8, 4) is 0 Å². The number of carbonyl (C=O) groups excluding carboxylic acids is 3. The summed E-state index contributed by atoms with van der Waals surface area (Å²) in [6, 6.07) is -0.731. The SMILES string of the molecule is CC(C)[C@@H](I)C(=O)N[C@@H](C(=O)O[C@@H](C)C=O)C(C)C. The van der Waals surface area contributed by atoms with Crippen LogP contribution >= 0.6 is 22.6 Å². The largest absolute Gasteiger partial charge is 0.453 e. The highest BCUT2D eigenvalue weighted by Gasteiger charge is 2.29. The minimum atomic E-state index is -0.800. The number of nitrogens with one attached hydrogen (secondary N) is 1. The van der Waals surface area contributed by atoms with Crippen LogP contribution in [-0.4, -0.2) is 34.2 Å². The van der Waals surface area contributed by atoms with Crippen molar-refractivity contribution in [3.63, 3.8) is 0 Å². The molecular formula is C13H22INO4. The van der Waals surface area contributed by atoms with Crippen LogP contribution in [0.5, 0.6) is 0 Å². The molecule has 0 saturated heterocycles. The molecule has 0 aliphatic carbocycles. The molecule has 0 aromatic carbocycles. The standard InChI is InChI=1S/C13H22INO4/c1-7(2)10(14)12(17)15-11(8(3)4)13(18)19-9(5)6-16/h6-11H,1-5H3,(H,15,17)/t9-,10+,11+/m0/s1. The second-order valence-electron chi connectivity index (χ2n) is 5.15. The Hall–Kier alpha value is -0.660. The van der Waals surface area contributed by atoms with E-state index in [-0.39, 0.29) is 21.7 Å². The Labute approximate surface area is 128 Å². The number of aldehydes is 1. The van der Waals surface area contributed by atoms with E-state index in [9.17, 15) is 14.4 Å². The first kappa shape index (κ1) is 18.3. The van der Waals surface area contributed by atoms with Crippen LogP contribution in [0.25, 0.3) is 0 Å². The summed E-state index contributed by atoms with van der Waals surface area (Å²) in [4.78, 5) is 34.3. The lowest BCUT2D eigenvalue weighted by Gasteiger charge is -2.24. The van der Waals surface area contributed by atoms with Gasteiger partial charge >= 0.3 is 5.97 Å². The number of hydrogen-bond donors (Lipinski definition) is 1. The molecule has 0 aromatic rings. The number of carbonyl (C=O) groups is 3. The lowest BCUT2D eigenvalue weighted by molar-refractivity contribution is -0.155. The van der Waals surface area contributed by atoms with E-state index in [4.69, 9.17) is 4.74 Å². The zero-order valence-electron chi connectivity index (χ0n) is 12.0. The molecule has 1 amide bonds. The number of alkyl halides is 1. The molecule has 1 N–H and O–H groups in total. The highest BCUT2D eigenvalue weighted by molar-refractivity contribution is 14.1. The molecule has 0 radical (unpaired) electrons. The molecule has 3 atom stereocenters. The normalized spacial score (nSPS) is 15.8. The van der Waals surface area contributed by atoms with Crippen molar-refractivity contribution in [3.05, 3.63) is 0 Å². The number of rotatable bonds is 7. The molecule has 0 aliphatic rings. The van der Waals surface area contributed by atoms with Crippen molar-refractivity contribution in [1.29, 1.82) is 0 Å². The molecule has 0 aromatic heterocycles. The zero-order valence-corrected chi connectivity index (χ0v) is 14.1.